The van der Waals surface area contributed by atoms with E-state index in [1.54, 1.807) is 9.58 Å². The van der Waals surface area contributed by atoms with Gasteiger partial charge in [-0.15, -0.1) is 0 Å². The molecule has 0 bridgehead atoms. The van der Waals surface area contributed by atoms with Gasteiger partial charge in [0.1, 0.15) is 11.9 Å². The first kappa shape index (κ1) is 16.4. The molecule has 0 aliphatic carbocycles. The van der Waals surface area contributed by atoms with Crippen LogP contribution < -0.4 is 9.64 Å². The summed E-state index contributed by atoms with van der Waals surface area (Å²) in [6.45, 7) is 4.55. The van der Waals surface area contributed by atoms with Crippen LogP contribution in [0.25, 0.3) is 5.69 Å². The standard InChI is InChI=1S/C21H21N3O2/c1-3-17-14-23(19-11-7-8-12-20(19)26-17)21(25)18-13-15(2)24(22-18)16-9-5-4-6-10-16/h4-13,17H,3,14H2,1-2H3/t17-/m0/s1. The van der Waals surface area contributed by atoms with Gasteiger partial charge in [-0.3, -0.25) is 9.69 Å². The summed E-state index contributed by atoms with van der Waals surface area (Å²) in [5.41, 5.74) is 3.11. The maximum Gasteiger partial charge on any atom is 0.279 e. The van der Waals surface area contributed by atoms with Crippen molar-refractivity contribution in [2.45, 2.75) is 26.4 Å². The topological polar surface area (TPSA) is 47.4 Å². The van der Waals surface area contributed by atoms with Crippen molar-refractivity contribution in [3.63, 3.8) is 0 Å². The number of anilines is 1. The Morgan fingerprint density at radius 1 is 1.15 bits per heavy atom. The summed E-state index contributed by atoms with van der Waals surface area (Å²) in [6.07, 6.45) is 0.835. The van der Waals surface area contributed by atoms with Crippen LogP contribution in [0.3, 0.4) is 0 Å². The Morgan fingerprint density at radius 3 is 2.65 bits per heavy atom. The normalized spacial score (nSPS) is 16.1. The molecule has 5 nitrogen and oxygen atoms in total. The highest BCUT2D eigenvalue weighted by molar-refractivity contribution is 6.06. The number of carbonyl (C=O) groups excluding carboxylic acids is 1. The molecule has 1 amide bonds. The number of rotatable bonds is 3. The molecule has 0 saturated heterocycles. The zero-order valence-corrected chi connectivity index (χ0v) is 14.9. The van der Waals surface area contributed by atoms with Gasteiger partial charge in [-0.05, 0) is 43.7 Å². The van der Waals surface area contributed by atoms with E-state index >= 15 is 0 Å². The molecule has 26 heavy (non-hydrogen) atoms. The molecule has 5 heteroatoms. The number of hydrogen-bond donors (Lipinski definition) is 0. The van der Waals surface area contributed by atoms with Gasteiger partial charge in [-0.1, -0.05) is 37.3 Å². The van der Waals surface area contributed by atoms with E-state index in [-0.39, 0.29) is 12.0 Å². The quantitative estimate of drug-likeness (QED) is 0.719. The molecule has 0 spiro atoms. The Balaban J connectivity index is 1.70. The summed E-state index contributed by atoms with van der Waals surface area (Å²) < 4.78 is 7.78. The number of hydrogen-bond acceptors (Lipinski definition) is 3. The van der Waals surface area contributed by atoms with Gasteiger partial charge in [-0.25, -0.2) is 4.68 Å². The molecule has 2 heterocycles. The van der Waals surface area contributed by atoms with Crippen LogP contribution in [0.4, 0.5) is 5.69 Å². The summed E-state index contributed by atoms with van der Waals surface area (Å²) in [6, 6.07) is 19.3. The first-order chi connectivity index (χ1) is 12.7. The first-order valence-corrected chi connectivity index (χ1v) is 8.87. The summed E-state index contributed by atoms with van der Waals surface area (Å²) >= 11 is 0. The molecule has 0 radical (unpaired) electrons. The number of fused-ring (bicyclic) bond motifs is 1. The van der Waals surface area contributed by atoms with Gasteiger partial charge in [0.2, 0.25) is 0 Å². The van der Waals surface area contributed by atoms with Crippen LogP contribution in [0.1, 0.15) is 29.5 Å². The molecule has 1 aliphatic rings. The van der Waals surface area contributed by atoms with Crippen molar-refractivity contribution in [1.29, 1.82) is 0 Å². The Hall–Kier alpha value is -3.08. The van der Waals surface area contributed by atoms with Crippen LogP contribution in [0.2, 0.25) is 0 Å². The van der Waals surface area contributed by atoms with E-state index in [2.05, 4.69) is 12.0 Å². The van der Waals surface area contributed by atoms with Gasteiger partial charge in [-0.2, -0.15) is 5.10 Å². The van der Waals surface area contributed by atoms with E-state index < -0.39 is 0 Å². The van der Waals surface area contributed by atoms with Gasteiger partial charge in [0.15, 0.2) is 5.69 Å². The number of aryl methyl sites for hydroxylation is 1. The lowest BCUT2D eigenvalue weighted by atomic mass is 10.1. The highest BCUT2D eigenvalue weighted by Crippen LogP contribution is 2.34. The lowest BCUT2D eigenvalue weighted by Gasteiger charge is -2.34. The van der Waals surface area contributed by atoms with Crippen LogP contribution in [0.15, 0.2) is 60.7 Å². The average Bonchev–Trinajstić information content (AvgIpc) is 3.09. The van der Waals surface area contributed by atoms with Crippen molar-refractivity contribution in [2.75, 3.05) is 11.4 Å². The number of para-hydroxylation sites is 3. The first-order valence-electron chi connectivity index (χ1n) is 8.87. The Labute approximate surface area is 152 Å². The van der Waals surface area contributed by atoms with Crippen molar-refractivity contribution in [3.8, 4) is 11.4 Å². The number of amides is 1. The van der Waals surface area contributed by atoms with Crippen LogP contribution in [0.5, 0.6) is 5.75 Å². The van der Waals surface area contributed by atoms with Crippen LogP contribution in [0, 0.1) is 6.92 Å². The molecule has 0 N–H and O–H groups in total. The largest absolute Gasteiger partial charge is 0.486 e. The zero-order valence-electron chi connectivity index (χ0n) is 14.9. The van der Waals surface area contributed by atoms with Crippen molar-refractivity contribution in [3.05, 3.63) is 72.1 Å². The molecule has 2 aromatic carbocycles. The van der Waals surface area contributed by atoms with Crippen molar-refractivity contribution >= 4 is 11.6 Å². The number of nitrogens with zero attached hydrogens (tertiary/aromatic N) is 3. The molecular weight excluding hydrogens is 326 g/mol. The van der Waals surface area contributed by atoms with Crippen molar-refractivity contribution in [2.24, 2.45) is 0 Å². The number of carbonyl (C=O) groups is 1. The minimum atomic E-state index is -0.100. The molecule has 0 saturated carbocycles. The average molecular weight is 347 g/mol. The second-order valence-corrected chi connectivity index (χ2v) is 6.45. The third-order valence-electron chi connectivity index (χ3n) is 4.64. The Bertz CT molecular complexity index is 933. The maximum absolute atomic E-state index is 13.2. The van der Waals surface area contributed by atoms with Crippen molar-refractivity contribution in [1.82, 2.24) is 9.78 Å². The summed E-state index contributed by atoms with van der Waals surface area (Å²) in [7, 11) is 0. The molecule has 1 aliphatic heterocycles. The predicted octanol–water partition coefficient (Wildman–Crippen LogP) is 4.00. The van der Waals surface area contributed by atoms with Crippen LogP contribution >= 0.6 is 0 Å². The van der Waals surface area contributed by atoms with E-state index in [1.807, 2.05) is 67.6 Å². The molecule has 0 unspecified atom stereocenters. The number of aromatic nitrogens is 2. The smallest absolute Gasteiger partial charge is 0.279 e. The molecule has 132 valence electrons. The van der Waals surface area contributed by atoms with Crippen LogP contribution in [-0.4, -0.2) is 28.3 Å². The molecule has 4 rings (SSSR count). The fourth-order valence-corrected chi connectivity index (χ4v) is 3.25. The second kappa shape index (κ2) is 6.67. The van der Waals surface area contributed by atoms with Crippen molar-refractivity contribution < 1.29 is 9.53 Å². The maximum atomic E-state index is 13.2. The second-order valence-electron chi connectivity index (χ2n) is 6.45. The Morgan fingerprint density at radius 2 is 1.88 bits per heavy atom. The Kier molecular flexibility index (Phi) is 4.21. The van der Waals surface area contributed by atoms with E-state index in [0.29, 0.717) is 12.2 Å². The minimum Gasteiger partial charge on any atom is -0.486 e. The highest BCUT2D eigenvalue weighted by atomic mass is 16.5. The lowest BCUT2D eigenvalue weighted by molar-refractivity contribution is 0.0949. The van der Waals surface area contributed by atoms with E-state index in [9.17, 15) is 4.79 Å². The molecule has 1 aromatic heterocycles. The third kappa shape index (κ3) is 2.86. The van der Waals surface area contributed by atoms with Gasteiger partial charge in [0.25, 0.3) is 5.91 Å². The fourth-order valence-electron chi connectivity index (χ4n) is 3.25. The monoisotopic (exact) mass is 347 g/mol. The summed E-state index contributed by atoms with van der Waals surface area (Å²) in [5.74, 6) is 0.648. The zero-order chi connectivity index (χ0) is 18.1. The fraction of sp³-hybridized carbons (Fsp3) is 0.238. The van der Waals surface area contributed by atoms with Gasteiger partial charge in [0.05, 0.1) is 17.9 Å². The van der Waals surface area contributed by atoms with Crippen LogP contribution in [-0.2, 0) is 0 Å². The number of benzene rings is 2. The van der Waals surface area contributed by atoms with E-state index in [0.717, 1.165) is 29.2 Å². The summed E-state index contributed by atoms with van der Waals surface area (Å²) in [4.78, 5) is 15.0. The lowest BCUT2D eigenvalue weighted by Crippen LogP contribution is -2.43. The van der Waals surface area contributed by atoms with Gasteiger partial charge >= 0.3 is 0 Å². The molecule has 1 atom stereocenters. The van der Waals surface area contributed by atoms with E-state index in [4.69, 9.17) is 4.74 Å². The minimum absolute atomic E-state index is 0.00819. The SMILES string of the molecule is CC[C@H]1CN(C(=O)c2cc(C)n(-c3ccccc3)n2)c2ccccc2O1. The predicted molar refractivity (Wildman–Crippen MR) is 101 cm³/mol. The number of ether oxygens (including phenoxy) is 1. The summed E-state index contributed by atoms with van der Waals surface area (Å²) in [5, 5.41) is 4.56. The molecule has 0 fully saturated rings. The highest BCUT2D eigenvalue weighted by Gasteiger charge is 2.30. The molecule has 3 aromatic rings. The molecular formula is C21H21N3O2. The van der Waals surface area contributed by atoms with Gasteiger partial charge < -0.3 is 4.74 Å². The third-order valence-corrected chi connectivity index (χ3v) is 4.64. The van der Waals surface area contributed by atoms with E-state index in [1.165, 1.54) is 0 Å². The van der Waals surface area contributed by atoms with Gasteiger partial charge in [0, 0.05) is 5.69 Å².